The molecule has 0 spiro atoms. The quantitative estimate of drug-likeness (QED) is 0.476. The first-order valence-electron chi connectivity index (χ1n) is 3.11. The second-order valence-corrected chi connectivity index (χ2v) is 1.98. The maximum absolute atomic E-state index is 5.14. The Kier molecular flexibility index (Phi) is 2.37. The number of nitrogens with zero attached hydrogens (tertiary/aromatic N) is 1. The lowest BCUT2D eigenvalue weighted by atomic mass is 10.4. The summed E-state index contributed by atoms with van der Waals surface area (Å²) in [6, 6.07) is 0. The summed E-state index contributed by atoms with van der Waals surface area (Å²) in [5.41, 5.74) is 2.73. The zero-order chi connectivity index (χ0) is 6.53. The monoisotopic (exact) mass is 125 g/mol. The second kappa shape index (κ2) is 3.33. The van der Waals surface area contributed by atoms with Crippen LogP contribution >= 0.6 is 0 Å². The molecule has 1 fully saturated rings. The summed E-state index contributed by atoms with van der Waals surface area (Å²) < 4.78 is 5.14. The summed E-state index contributed by atoms with van der Waals surface area (Å²) >= 11 is 0. The first-order chi connectivity index (χ1) is 4.43. The van der Waals surface area contributed by atoms with Crippen LogP contribution in [0, 0.1) is 0 Å². The van der Waals surface area contributed by atoms with Gasteiger partial charge in [-0.2, -0.15) is 0 Å². The predicted octanol–water partition coefficient (Wildman–Crippen LogP) is 0.617. The molecule has 0 atom stereocenters. The zero-order valence-electron chi connectivity index (χ0n) is 5.47. The molecule has 0 aliphatic carbocycles. The molecule has 0 unspecified atom stereocenters. The van der Waals surface area contributed by atoms with Gasteiger partial charge in [-0.25, -0.2) is 0 Å². The third-order valence-corrected chi connectivity index (χ3v) is 1.32. The van der Waals surface area contributed by atoms with Crippen molar-refractivity contribution in [3.8, 4) is 0 Å². The molecule has 1 heterocycles. The third kappa shape index (κ3) is 1.92. The van der Waals surface area contributed by atoms with Crippen molar-refractivity contribution >= 4 is 0 Å². The van der Waals surface area contributed by atoms with Crippen LogP contribution in [0.25, 0.3) is 0 Å². The Morgan fingerprint density at radius 3 is 2.67 bits per heavy atom. The summed E-state index contributed by atoms with van der Waals surface area (Å²) in [7, 11) is 0. The first-order valence-corrected chi connectivity index (χ1v) is 3.11. The normalized spacial score (nSPS) is 18.9. The van der Waals surface area contributed by atoms with E-state index in [9.17, 15) is 0 Å². The van der Waals surface area contributed by atoms with E-state index in [-0.39, 0.29) is 0 Å². The molecule has 9 heavy (non-hydrogen) atoms. The fourth-order valence-corrected chi connectivity index (χ4v) is 0.836. The van der Waals surface area contributed by atoms with Crippen LogP contribution in [0.15, 0.2) is 18.5 Å². The van der Waals surface area contributed by atoms with Gasteiger partial charge in [0.05, 0.1) is 13.2 Å². The molecular weight excluding hydrogens is 114 g/mol. The van der Waals surface area contributed by atoms with Crippen molar-refractivity contribution in [2.75, 3.05) is 26.3 Å². The largest absolute Gasteiger partial charge is 0.378 e. The molecule has 2 nitrogen and oxygen atoms in total. The van der Waals surface area contributed by atoms with Gasteiger partial charge in [0.2, 0.25) is 0 Å². The highest BCUT2D eigenvalue weighted by molar-refractivity contribution is 4.78. The Hall–Kier alpha value is -0.720. The minimum atomic E-state index is 0.832. The first kappa shape index (κ1) is 6.40. The standard InChI is InChI=1S/C7H11NO/c1-2-3-8-4-6-9-7-5-8/h3H,1,4-7H2. The van der Waals surface area contributed by atoms with Crippen LogP contribution in [0.3, 0.4) is 0 Å². The van der Waals surface area contributed by atoms with Crippen molar-refractivity contribution in [3.05, 3.63) is 18.5 Å². The molecule has 1 aliphatic heterocycles. The number of rotatable bonds is 1. The Labute approximate surface area is 55.4 Å². The number of hydrogen-bond acceptors (Lipinski definition) is 2. The molecule has 1 aliphatic rings. The van der Waals surface area contributed by atoms with Gasteiger partial charge in [0, 0.05) is 19.3 Å². The van der Waals surface area contributed by atoms with E-state index in [4.69, 9.17) is 4.74 Å². The lowest BCUT2D eigenvalue weighted by Gasteiger charge is -2.23. The average molecular weight is 125 g/mol. The second-order valence-electron chi connectivity index (χ2n) is 1.98. The zero-order valence-corrected chi connectivity index (χ0v) is 5.47. The topological polar surface area (TPSA) is 12.5 Å². The molecule has 1 rings (SSSR count). The van der Waals surface area contributed by atoms with Gasteiger partial charge in [-0.1, -0.05) is 6.58 Å². The van der Waals surface area contributed by atoms with Crippen LogP contribution < -0.4 is 0 Å². The van der Waals surface area contributed by atoms with Crippen LogP contribution in [0.5, 0.6) is 0 Å². The lowest BCUT2D eigenvalue weighted by molar-refractivity contribution is 0.0595. The van der Waals surface area contributed by atoms with Gasteiger partial charge in [-0.15, -0.1) is 5.73 Å². The van der Waals surface area contributed by atoms with E-state index in [1.807, 2.05) is 6.20 Å². The molecule has 0 saturated carbocycles. The average Bonchev–Trinajstić information content (AvgIpc) is 1.91. The van der Waals surface area contributed by atoms with E-state index in [1.165, 1.54) is 0 Å². The van der Waals surface area contributed by atoms with Crippen LogP contribution in [-0.2, 0) is 4.74 Å². The van der Waals surface area contributed by atoms with Crippen molar-refractivity contribution in [2.24, 2.45) is 0 Å². The van der Waals surface area contributed by atoms with Crippen LogP contribution in [0.4, 0.5) is 0 Å². The van der Waals surface area contributed by atoms with Crippen LogP contribution in [-0.4, -0.2) is 31.2 Å². The Morgan fingerprint density at radius 1 is 1.44 bits per heavy atom. The van der Waals surface area contributed by atoms with Gasteiger partial charge in [0.15, 0.2) is 0 Å². The summed E-state index contributed by atoms with van der Waals surface area (Å²) in [5.74, 6) is 0. The van der Waals surface area contributed by atoms with Crippen LogP contribution in [0.2, 0.25) is 0 Å². The minimum Gasteiger partial charge on any atom is -0.378 e. The smallest absolute Gasteiger partial charge is 0.0642 e. The van der Waals surface area contributed by atoms with Gasteiger partial charge < -0.3 is 9.64 Å². The lowest BCUT2D eigenvalue weighted by Crippen LogP contribution is -2.31. The van der Waals surface area contributed by atoms with E-state index < -0.39 is 0 Å². The molecule has 50 valence electrons. The van der Waals surface area contributed by atoms with Gasteiger partial charge in [-0.05, 0) is 0 Å². The van der Waals surface area contributed by atoms with Gasteiger partial charge in [-0.3, -0.25) is 0 Å². The van der Waals surface area contributed by atoms with E-state index in [0.29, 0.717) is 0 Å². The highest BCUT2D eigenvalue weighted by atomic mass is 16.5. The molecule has 0 amide bonds. The number of ether oxygens (including phenoxy) is 1. The summed E-state index contributed by atoms with van der Waals surface area (Å²) in [6.07, 6.45) is 1.88. The van der Waals surface area contributed by atoms with E-state index >= 15 is 0 Å². The van der Waals surface area contributed by atoms with E-state index in [2.05, 4.69) is 17.2 Å². The SMILES string of the molecule is C=C=CN1CCOCC1. The minimum absolute atomic E-state index is 0.832. The summed E-state index contributed by atoms with van der Waals surface area (Å²) in [4.78, 5) is 2.15. The Balaban J connectivity index is 2.31. The molecule has 0 aromatic carbocycles. The predicted molar refractivity (Wildman–Crippen MR) is 36.1 cm³/mol. The van der Waals surface area contributed by atoms with Crippen LogP contribution in [0.1, 0.15) is 0 Å². The highest BCUT2D eigenvalue weighted by Crippen LogP contribution is 1.95. The van der Waals surface area contributed by atoms with E-state index in [0.717, 1.165) is 26.3 Å². The molecule has 0 aromatic rings. The van der Waals surface area contributed by atoms with Gasteiger partial charge >= 0.3 is 0 Å². The molecule has 0 radical (unpaired) electrons. The summed E-state index contributed by atoms with van der Waals surface area (Å²) in [6.45, 7) is 7.10. The maximum Gasteiger partial charge on any atom is 0.0642 e. The van der Waals surface area contributed by atoms with Gasteiger partial charge in [0.25, 0.3) is 0 Å². The van der Waals surface area contributed by atoms with Gasteiger partial charge in [0.1, 0.15) is 0 Å². The molecule has 0 aromatic heterocycles. The molecule has 2 heteroatoms. The molecule has 0 bridgehead atoms. The third-order valence-electron chi connectivity index (χ3n) is 1.32. The fourth-order valence-electron chi connectivity index (χ4n) is 0.836. The molecular formula is C7H11NO. The van der Waals surface area contributed by atoms with Crippen molar-refractivity contribution in [1.29, 1.82) is 0 Å². The van der Waals surface area contributed by atoms with Crippen molar-refractivity contribution in [2.45, 2.75) is 0 Å². The van der Waals surface area contributed by atoms with E-state index in [1.54, 1.807) is 0 Å². The van der Waals surface area contributed by atoms with Crippen molar-refractivity contribution < 1.29 is 4.74 Å². The fraction of sp³-hybridized carbons (Fsp3) is 0.571. The summed E-state index contributed by atoms with van der Waals surface area (Å²) in [5, 5.41) is 0. The number of hydrogen-bond donors (Lipinski definition) is 0. The molecule has 0 N–H and O–H groups in total. The highest BCUT2D eigenvalue weighted by Gasteiger charge is 2.03. The Morgan fingerprint density at radius 2 is 2.11 bits per heavy atom. The van der Waals surface area contributed by atoms with Crippen molar-refractivity contribution in [3.63, 3.8) is 0 Å². The number of morpholine rings is 1. The molecule has 1 saturated heterocycles. The Bertz CT molecular complexity index is 121. The maximum atomic E-state index is 5.14. The van der Waals surface area contributed by atoms with Crippen molar-refractivity contribution in [1.82, 2.24) is 4.90 Å².